The van der Waals surface area contributed by atoms with Crippen LogP contribution in [0.1, 0.15) is 25.7 Å². The van der Waals surface area contributed by atoms with E-state index < -0.39 is 0 Å². The molecular weight excluding hydrogens is 208 g/mol. The zero-order chi connectivity index (χ0) is 11.5. The van der Waals surface area contributed by atoms with Crippen molar-refractivity contribution in [3.8, 4) is 0 Å². The standard InChI is InChI=1S/C10H18N4O2/c11-9(13-16)7-3-5-14(6-4-7)10(15)12-8-1-2-8/h7-8,16H,1-6H2,(H2,11,13)(H,12,15). The van der Waals surface area contributed by atoms with Gasteiger partial charge in [-0.2, -0.15) is 0 Å². The van der Waals surface area contributed by atoms with Crippen LogP contribution in [-0.4, -0.2) is 41.1 Å². The molecule has 6 heteroatoms. The number of hydrogen-bond acceptors (Lipinski definition) is 3. The highest BCUT2D eigenvalue weighted by atomic mass is 16.4. The maximum absolute atomic E-state index is 11.7. The van der Waals surface area contributed by atoms with Gasteiger partial charge in [0.1, 0.15) is 5.84 Å². The molecule has 0 spiro atoms. The fourth-order valence-corrected chi connectivity index (χ4v) is 1.95. The summed E-state index contributed by atoms with van der Waals surface area (Å²) in [5.74, 6) is 0.386. The smallest absolute Gasteiger partial charge is 0.317 e. The van der Waals surface area contributed by atoms with E-state index in [1.54, 1.807) is 4.90 Å². The summed E-state index contributed by atoms with van der Waals surface area (Å²) < 4.78 is 0. The van der Waals surface area contributed by atoms with E-state index in [0.717, 1.165) is 25.7 Å². The van der Waals surface area contributed by atoms with Crippen LogP contribution in [0.4, 0.5) is 4.79 Å². The molecular formula is C10H18N4O2. The number of carbonyl (C=O) groups is 1. The molecule has 1 saturated carbocycles. The zero-order valence-corrected chi connectivity index (χ0v) is 9.22. The minimum Gasteiger partial charge on any atom is -0.409 e. The number of urea groups is 1. The van der Waals surface area contributed by atoms with E-state index in [4.69, 9.17) is 10.9 Å². The minimum absolute atomic E-state index is 0.0282. The van der Waals surface area contributed by atoms with Gasteiger partial charge in [-0.05, 0) is 25.7 Å². The van der Waals surface area contributed by atoms with Crippen LogP contribution in [0.15, 0.2) is 5.16 Å². The van der Waals surface area contributed by atoms with Gasteiger partial charge in [-0.25, -0.2) is 4.79 Å². The number of rotatable bonds is 2. The van der Waals surface area contributed by atoms with Crippen LogP contribution in [-0.2, 0) is 0 Å². The van der Waals surface area contributed by atoms with Gasteiger partial charge in [0, 0.05) is 25.0 Å². The number of nitrogens with one attached hydrogen (secondary N) is 1. The number of nitrogens with two attached hydrogens (primary N) is 1. The lowest BCUT2D eigenvalue weighted by Crippen LogP contribution is -2.46. The Morgan fingerprint density at radius 2 is 1.94 bits per heavy atom. The largest absolute Gasteiger partial charge is 0.409 e. The number of hydrogen-bond donors (Lipinski definition) is 3. The van der Waals surface area contributed by atoms with E-state index in [0.29, 0.717) is 19.1 Å². The van der Waals surface area contributed by atoms with Crippen LogP contribution < -0.4 is 11.1 Å². The van der Waals surface area contributed by atoms with Gasteiger partial charge in [0.25, 0.3) is 0 Å². The summed E-state index contributed by atoms with van der Waals surface area (Å²) in [6, 6.07) is 0.426. The molecule has 1 aliphatic carbocycles. The van der Waals surface area contributed by atoms with Gasteiger partial charge in [0.05, 0.1) is 0 Å². The average Bonchev–Trinajstić information content (AvgIpc) is 3.12. The first kappa shape index (κ1) is 11.0. The summed E-state index contributed by atoms with van der Waals surface area (Å²) in [5, 5.41) is 14.5. The summed E-state index contributed by atoms with van der Waals surface area (Å²) in [7, 11) is 0. The second-order valence-corrected chi connectivity index (χ2v) is 4.51. The predicted octanol–water partition coefficient (Wildman–Crippen LogP) is 0.317. The molecule has 1 heterocycles. The van der Waals surface area contributed by atoms with E-state index >= 15 is 0 Å². The third-order valence-corrected chi connectivity index (χ3v) is 3.22. The summed E-state index contributed by atoms with van der Waals surface area (Å²) in [6.07, 6.45) is 3.75. The highest BCUT2D eigenvalue weighted by Gasteiger charge is 2.29. The molecule has 0 unspecified atom stereocenters. The normalized spacial score (nSPS) is 23.2. The van der Waals surface area contributed by atoms with Gasteiger partial charge in [0.15, 0.2) is 0 Å². The lowest BCUT2D eigenvalue weighted by molar-refractivity contribution is 0.179. The van der Waals surface area contributed by atoms with Crippen LogP contribution in [0.2, 0.25) is 0 Å². The van der Waals surface area contributed by atoms with E-state index in [2.05, 4.69) is 10.5 Å². The molecule has 2 aliphatic rings. The van der Waals surface area contributed by atoms with Gasteiger partial charge in [0.2, 0.25) is 0 Å². The van der Waals surface area contributed by atoms with Crippen LogP contribution in [0.3, 0.4) is 0 Å². The van der Waals surface area contributed by atoms with Crippen LogP contribution >= 0.6 is 0 Å². The van der Waals surface area contributed by atoms with Crippen molar-refractivity contribution in [3.63, 3.8) is 0 Å². The molecule has 0 atom stereocenters. The lowest BCUT2D eigenvalue weighted by Gasteiger charge is -2.31. The second kappa shape index (κ2) is 4.59. The molecule has 0 bridgehead atoms. The Hall–Kier alpha value is -1.46. The summed E-state index contributed by atoms with van der Waals surface area (Å²) in [6.45, 7) is 1.36. The molecule has 0 aromatic carbocycles. The van der Waals surface area contributed by atoms with Crippen molar-refractivity contribution < 1.29 is 10.0 Å². The molecule has 0 radical (unpaired) electrons. The van der Waals surface area contributed by atoms with Gasteiger partial charge < -0.3 is 21.2 Å². The number of likely N-dealkylation sites (tertiary alicyclic amines) is 1. The molecule has 6 nitrogen and oxygen atoms in total. The summed E-state index contributed by atoms with van der Waals surface area (Å²) in [4.78, 5) is 13.5. The Morgan fingerprint density at radius 3 is 2.44 bits per heavy atom. The number of carbonyl (C=O) groups excluding carboxylic acids is 1. The van der Waals surface area contributed by atoms with Crippen LogP contribution in [0, 0.1) is 5.92 Å². The number of nitrogens with zero attached hydrogens (tertiary/aromatic N) is 2. The molecule has 0 aromatic rings. The fourth-order valence-electron chi connectivity index (χ4n) is 1.95. The van der Waals surface area contributed by atoms with Crippen LogP contribution in [0.25, 0.3) is 0 Å². The Bertz CT molecular complexity index is 293. The van der Waals surface area contributed by atoms with E-state index in [1.807, 2.05) is 0 Å². The average molecular weight is 226 g/mol. The molecule has 2 rings (SSSR count). The molecule has 2 fully saturated rings. The summed E-state index contributed by atoms with van der Waals surface area (Å²) in [5.41, 5.74) is 5.54. The van der Waals surface area contributed by atoms with Crippen molar-refractivity contribution in [2.45, 2.75) is 31.7 Å². The number of piperidine rings is 1. The van der Waals surface area contributed by atoms with E-state index in [1.165, 1.54) is 0 Å². The molecule has 4 N–H and O–H groups in total. The van der Waals surface area contributed by atoms with Crippen molar-refractivity contribution in [1.82, 2.24) is 10.2 Å². The second-order valence-electron chi connectivity index (χ2n) is 4.51. The topological polar surface area (TPSA) is 91.0 Å². The van der Waals surface area contributed by atoms with E-state index in [-0.39, 0.29) is 17.8 Å². The van der Waals surface area contributed by atoms with Gasteiger partial charge >= 0.3 is 6.03 Å². The molecule has 16 heavy (non-hydrogen) atoms. The SMILES string of the molecule is NC(=NO)C1CCN(C(=O)NC2CC2)CC1. The fraction of sp³-hybridized carbons (Fsp3) is 0.800. The Labute approximate surface area is 94.5 Å². The first-order chi connectivity index (χ1) is 7.70. The maximum atomic E-state index is 11.7. The highest BCUT2D eigenvalue weighted by molar-refractivity contribution is 5.82. The quantitative estimate of drug-likeness (QED) is 0.274. The van der Waals surface area contributed by atoms with Gasteiger partial charge in [-0.3, -0.25) is 0 Å². The first-order valence-electron chi connectivity index (χ1n) is 5.73. The van der Waals surface area contributed by atoms with Crippen molar-refractivity contribution >= 4 is 11.9 Å². The van der Waals surface area contributed by atoms with Crippen molar-refractivity contribution in [2.24, 2.45) is 16.8 Å². The van der Waals surface area contributed by atoms with Crippen molar-refractivity contribution in [3.05, 3.63) is 0 Å². The maximum Gasteiger partial charge on any atom is 0.317 e. The zero-order valence-electron chi connectivity index (χ0n) is 9.22. The third-order valence-electron chi connectivity index (χ3n) is 3.22. The first-order valence-corrected chi connectivity index (χ1v) is 5.73. The highest BCUT2D eigenvalue weighted by Crippen LogP contribution is 2.21. The molecule has 90 valence electrons. The third kappa shape index (κ3) is 2.56. The van der Waals surface area contributed by atoms with Crippen molar-refractivity contribution in [2.75, 3.05) is 13.1 Å². The Balaban J connectivity index is 1.77. The number of amides is 2. The monoisotopic (exact) mass is 226 g/mol. The molecule has 0 aromatic heterocycles. The van der Waals surface area contributed by atoms with E-state index in [9.17, 15) is 4.79 Å². The summed E-state index contributed by atoms with van der Waals surface area (Å²) >= 11 is 0. The lowest BCUT2D eigenvalue weighted by atomic mass is 9.96. The van der Waals surface area contributed by atoms with Gasteiger partial charge in [-0.1, -0.05) is 5.16 Å². The predicted molar refractivity (Wildman–Crippen MR) is 59.3 cm³/mol. The van der Waals surface area contributed by atoms with Crippen molar-refractivity contribution in [1.29, 1.82) is 0 Å². The molecule has 1 aliphatic heterocycles. The number of amidine groups is 1. The Morgan fingerprint density at radius 1 is 1.31 bits per heavy atom. The number of oxime groups is 1. The van der Waals surface area contributed by atoms with Gasteiger partial charge in [-0.15, -0.1) is 0 Å². The minimum atomic E-state index is 0.0282. The Kier molecular flexibility index (Phi) is 3.17. The molecule has 2 amide bonds. The van der Waals surface area contributed by atoms with Crippen LogP contribution in [0.5, 0.6) is 0 Å². The molecule has 1 saturated heterocycles.